The molecule has 0 heterocycles. The smallest absolute Gasteiger partial charge is 0.407 e. The Kier molecular flexibility index (Phi) is 5.63. The maximum Gasteiger partial charge on any atom is 0.407 e. The van der Waals surface area contributed by atoms with E-state index >= 15 is 0 Å². The van der Waals surface area contributed by atoms with Crippen LogP contribution in [0.2, 0.25) is 0 Å². The minimum Gasteiger partial charge on any atom is -0.444 e. The van der Waals surface area contributed by atoms with Gasteiger partial charge >= 0.3 is 6.09 Å². The average molecular weight is 255 g/mol. The van der Waals surface area contributed by atoms with Crippen molar-refractivity contribution in [3.63, 3.8) is 0 Å². The fourth-order valence-electron chi connectivity index (χ4n) is 2.40. The van der Waals surface area contributed by atoms with Gasteiger partial charge in [-0.1, -0.05) is 19.3 Å². The first-order valence-corrected chi connectivity index (χ1v) is 6.84. The van der Waals surface area contributed by atoms with Crippen molar-refractivity contribution in [1.29, 1.82) is 0 Å². The first-order valence-electron chi connectivity index (χ1n) is 6.84. The van der Waals surface area contributed by atoms with Crippen LogP contribution in [-0.2, 0) is 9.53 Å². The largest absolute Gasteiger partial charge is 0.444 e. The SMILES string of the molecule is CC(C)(C)OC(=O)NCC(C=O)C1CCCCC1. The standard InChI is InChI=1S/C14H25NO3/c1-14(2,3)18-13(17)15-9-12(10-16)11-7-5-4-6-8-11/h10-12H,4-9H2,1-3H3,(H,15,17). The molecule has 0 aromatic heterocycles. The highest BCUT2D eigenvalue weighted by Gasteiger charge is 2.24. The van der Waals surface area contributed by atoms with Gasteiger partial charge in [0.25, 0.3) is 0 Å². The van der Waals surface area contributed by atoms with Gasteiger partial charge in [0.2, 0.25) is 0 Å². The van der Waals surface area contributed by atoms with Crippen LogP contribution < -0.4 is 5.32 Å². The molecule has 1 unspecified atom stereocenters. The Labute approximate surface area is 109 Å². The molecule has 1 aliphatic carbocycles. The van der Waals surface area contributed by atoms with Gasteiger partial charge in [0.15, 0.2) is 0 Å². The molecule has 0 spiro atoms. The molecule has 0 bridgehead atoms. The van der Waals surface area contributed by atoms with Crippen LogP contribution in [0.5, 0.6) is 0 Å². The molecule has 0 radical (unpaired) electrons. The lowest BCUT2D eigenvalue weighted by Gasteiger charge is -2.27. The van der Waals surface area contributed by atoms with E-state index in [0.29, 0.717) is 12.5 Å². The lowest BCUT2D eigenvalue weighted by Crippen LogP contribution is -2.37. The number of rotatable bonds is 4. The number of ether oxygens (including phenoxy) is 1. The van der Waals surface area contributed by atoms with Gasteiger partial charge in [-0.25, -0.2) is 4.79 Å². The Morgan fingerprint density at radius 2 is 1.94 bits per heavy atom. The van der Waals surface area contributed by atoms with E-state index in [2.05, 4.69) is 5.32 Å². The minimum atomic E-state index is -0.494. The highest BCUT2D eigenvalue weighted by atomic mass is 16.6. The van der Waals surface area contributed by atoms with E-state index in [4.69, 9.17) is 4.74 Å². The van der Waals surface area contributed by atoms with Crippen LogP contribution in [0.1, 0.15) is 52.9 Å². The predicted molar refractivity (Wildman–Crippen MR) is 70.4 cm³/mol. The Balaban J connectivity index is 2.34. The van der Waals surface area contributed by atoms with Crippen LogP contribution in [-0.4, -0.2) is 24.5 Å². The van der Waals surface area contributed by atoms with Crippen LogP contribution in [0.15, 0.2) is 0 Å². The fraction of sp³-hybridized carbons (Fsp3) is 0.857. The first-order chi connectivity index (χ1) is 8.42. The maximum absolute atomic E-state index is 11.5. The van der Waals surface area contributed by atoms with Crippen LogP contribution in [0.3, 0.4) is 0 Å². The number of aldehydes is 1. The summed E-state index contributed by atoms with van der Waals surface area (Å²) in [5, 5.41) is 2.70. The third-order valence-electron chi connectivity index (χ3n) is 3.31. The summed E-state index contributed by atoms with van der Waals surface area (Å²) in [6.07, 6.45) is 6.39. The van der Waals surface area contributed by atoms with Crippen LogP contribution >= 0.6 is 0 Å². The second kappa shape index (κ2) is 6.76. The average Bonchev–Trinajstić information content (AvgIpc) is 2.29. The van der Waals surface area contributed by atoms with E-state index in [1.807, 2.05) is 20.8 Å². The third kappa shape index (κ3) is 5.52. The topological polar surface area (TPSA) is 55.4 Å². The summed E-state index contributed by atoms with van der Waals surface area (Å²) in [7, 11) is 0. The zero-order chi connectivity index (χ0) is 13.6. The van der Waals surface area contributed by atoms with Gasteiger partial charge in [0.1, 0.15) is 11.9 Å². The Bertz CT molecular complexity index is 277. The zero-order valence-electron chi connectivity index (χ0n) is 11.7. The molecule has 0 saturated heterocycles. The van der Waals surface area contributed by atoms with E-state index < -0.39 is 11.7 Å². The molecule has 1 atom stereocenters. The van der Waals surface area contributed by atoms with Crippen molar-refractivity contribution in [3.05, 3.63) is 0 Å². The van der Waals surface area contributed by atoms with E-state index in [-0.39, 0.29) is 5.92 Å². The van der Waals surface area contributed by atoms with Crippen molar-refractivity contribution >= 4 is 12.4 Å². The zero-order valence-corrected chi connectivity index (χ0v) is 11.7. The number of hydrogen-bond acceptors (Lipinski definition) is 3. The number of carbonyl (C=O) groups is 2. The van der Waals surface area contributed by atoms with Crippen molar-refractivity contribution in [3.8, 4) is 0 Å². The fourth-order valence-corrected chi connectivity index (χ4v) is 2.40. The van der Waals surface area contributed by atoms with Gasteiger partial charge in [-0.05, 0) is 39.5 Å². The minimum absolute atomic E-state index is 0.0715. The highest BCUT2D eigenvalue weighted by molar-refractivity contribution is 5.68. The van der Waals surface area contributed by atoms with Crippen LogP contribution in [0.25, 0.3) is 0 Å². The highest BCUT2D eigenvalue weighted by Crippen LogP contribution is 2.28. The van der Waals surface area contributed by atoms with Crippen molar-refractivity contribution in [2.24, 2.45) is 11.8 Å². The van der Waals surface area contributed by atoms with Gasteiger partial charge in [0, 0.05) is 12.5 Å². The summed E-state index contributed by atoms with van der Waals surface area (Å²) >= 11 is 0. The Hall–Kier alpha value is -1.06. The van der Waals surface area contributed by atoms with Gasteiger partial charge in [-0.3, -0.25) is 0 Å². The quantitative estimate of drug-likeness (QED) is 0.786. The van der Waals surface area contributed by atoms with Gasteiger partial charge in [0.05, 0.1) is 0 Å². The summed E-state index contributed by atoms with van der Waals surface area (Å²) in [5.74, 6) is 0.351. The molecular formula is C14H25NO3. The van der Waals surface area contributed by atoms with Gasteiger partial charge < -0.3 is 14.8 Å². The summed E-state index contributed by atoms with van der Waals surface area (Å²) in [4.78, 5) is 22.6. The molecule has 18 heavy (non-hydrogen) atoms. The molecule has 1 saturated carbocycles. The van der Waals surface area contributed by atoms with Crippen molar-refractivity contribution in [2.75, 3.05) is 6.54 Å². The van der Waals surface area contributed by atoms with Crippen molar-refractivity contribution < 1.29 is 14.3 Å². The molecule has 1 N–H and O–H groups in total. The molecule has 1 amide bonds. The normalized spacial score (nSPS) is 19.1. The van der Waals surface area contributed by atoms with Crippen LogP contribution in [0, 0.1) is 11.8 Å². The lowest BCUT2D eigenvalue weighted by molar-refractivity contribution is -0.112. The molecule has 4 nitrogen and oxygen atoms in total. The lowest BCUT2D eigenvalue weighted by atomic mass is 9.80. The number of amides is 1. The third-order valence-corrected chi connectivity index (χ3v) is 3.31. The Morgan fingerprint density at radius 3 is 2.44 bits per heavy atom. The molecule has 1 rings (SSSR count). The van der Waals surface area contributed by atoms with E-state index in [0.717, 1.165) is 19.1 Å². The predicted octanol–water partition coefficient (Wildman–Crippen LogP) is 2.91. The molecule has 104 valence electrons. The van der Waals surface area contributed by atoms with E-state index in [1.54, 1.807) is 0 Å². The molecular weight excluding hydrogens is 230 g/mol. The second-order valence-corrected chi connectivity index (χ2v) is 6.08. The number of nitrogens with one attached hydrogen (secondary N) is 1. The number of alkyl carbamates (subject to hydrolysis) is 1. The van der Waals surface area contributed by atoms with E-state index in [9.17, 15) is 9.59 Å². The summed E-state index contributed by atoms with van der Waals surface area (Å²) in [5.41, 5.74) is -0.494. The molecule has 4 heteroatoms. The molecule has 1 aliphatic rings. The molecule has 0 aliphatic heterocycles. The van der Waals surface area contributed by atoms with Crippen molar-refractivity contribution in [2.45, 2.75) is 58.5 Å². The second-order valence-electron chi connectivity index (χ2n) is 6.08. The van der Waals surface area contributed by atoms with Gasteiger partial charge in [-0.2, -0.15) is 0 Å². The van der Waals surface area contributed by atoms with Crippen molar-refractivity contribution in [1.82, 2.24) is 5.32 Å². The van der Waals surface area contributed by atoms with Gasteiger partial charge in [-0.15, -0.1) is 0 Å². The van der Waals surface area contributed by atoms with E-state index in [1.165, 1.54) is 19.3 Å². The number of carbonyl (C=O) groups excluding carboxylic acids is 2. The molecule has 0 aromatic carbocycles. The maximum atomic E-state index is 11.5. The summed E-state index contributed by atoms with van der Waals surface area (Å²) in [6.45, 7) is 5.86. The summed E-state index contributed by atoms with van der Waals surface area (Å²) < 4.78 is 5.15. The number of hydrogen-bond donors (Lipinski definition) is 1. The Morgan fingerprint density at radius 1 is 1.33 bits per heavy atom. The molecule has 0 aromatic rings. The molecule has 1 fully saturated rings. The first kappa shape index (κ1) is 15.0. The monoisotopic (exact) mass is 255 g/mol. The summed E-state index contributed by atoms with van der Waals surface area (Å²) in [6, 6.07) is 0. The van der Waals surface area contributed by atoms with Crippen LogP contribution in [0.4, 0.5) is 4.79 Å².